The zero-order chi connectivity index (χ0) is 20.6. The average Bonchev–Trinajstić information content (AvgIpc) is 2.76. The number of hydrogen-bond acceptors (Lipinski definition) is 4. The minimum absolute atomic E-state index is 0.141. The fraction of sp³-hybridized carbons (Fsp3) is 0.174. The molecule has 1 N–H and O–H groups in total. The molecule has 0 radical (unpaired) electrons. The molecular formula is C23H22FNO4. The lowest BCUT2D eigenvalue weighted by Gasteiger charge is -2.13. The zero-order valence-electron chi connectivity index (χ0n) is 16.3. The first-order valence-corrected chi connectivity index (χ1v) is 9.06. The molecule has 0 saturated heterocycles. The molecule has 0 atom stereocenters. The van der Waals surface area contributed by atoms with Crippen LogP contribution in [0.1, 0.15) is 21.5 Å². The van der Waals surface area contributed by atoms with Gasteiger partial charge in [-0.1, -0.05) is 36.4 Å². The third-order valence-corrected chi connectivity index (χ3v) is 4.32. The van der Waals surface area contributed by atoms with E-state index in [0.29, 0.717) is 23.9 Å². The Morgan fingerprint density at radius 2 is 1.59 bits per heavy atom. The van der Waals surface area contributed by atoms with Gasteiger partial charge in [-0.05, 0) is 41.5 Å². The first-order chi connectivity index (χ1) is 14.1. The lowest BCUT2D eigenvalue weighted by atomic mass is 10.1. The van der Waals surface area contributed by atoms with Crippen molar-refractivity contribution in [3.63, 3.8) is 0 Å². The van der Waals surface area contributed by atoms with Crippen molar-refractivity contribution in [2.75, 3.05) is 14.2 Å². The van der Waals surface area contributed by atoms with Gasteiger partial charge in [-0.2, -0.15) is 0 Å². The summed E-state index contributed by atoms with van der Waals surface area (Å²) in [7, 11) is 2.99. The van der Waals surface area contributed by atoms with Crippen molar-refractivity contribution >= 4 is 5.91 Å². The van der Waals surface area contributed by atoms with E-state index in [1.807, 2.05) is 36.4 Å². The molecule has 0 aliphatic carbocycles. The number of hydrogen-bond donors (Lipinski definition) is 1. The van der Waals surface area contributed by atoms with Crippen LogP contribution in [-0.2, 0) is 13.2 Å². The van der Waals surface area contributed by atoms with Crippen molar-refractivity contribution in [2.24, 2.45) is 0 Å². The molecule has 150 valence electrons. The standard InChI is InChI=1S/C23H22FNO4/c1-27-20-11-9-18(24)13-19(20)23(26)25-14-17-8-10-21(22(12-17)28-2)29-15-16-6-4-3-5-7-16/h3-13H,14-15H2,1-2H3,(H,25,26). The normalized spacial score (nSPS) is 10.3. The van der Waals surface area contributed by atoms with Crippen LogP contribution in [0.15, 0.2) is 66.7 Å². The monoisotopic (exact) mass is 395 g/mol. The lowest BCUT2D eigenvalue weighted by Crippen LogP contribution is -2.23. The molecule has 6 heteroatoms. The molecule has 29 heavy (non-hydrogen) atoms. The highest BCUT2D eigenvalue weighted by Gasteiger charge is 2.14. The van der Waals surface area contributed by atoms with Gasteiger partial charge in [0.25, 0.3) is 5.91 Å². The summed E-state index contributed by atoms with van der Waals surface area (Å²) in [5.74, 6) is 0.558. The predicted octanol–water partition coefficient (Wildman–Crippen LogP) is 4.35. The molecule has 0 heterocycles. The summed E-state index contributed by atoms with van der Waals surface area (Å²) >= 11 is 0. The number of ether oxygens (including phenoxy) is 3. The van der Waals surface area contributed by atoms with E-state index in [-0.39, 0.29) is 12.1 Å². The van der Waals surface area contributed by atoms with Crippen LogP contribution >= 0.6 is 0 Å². The van der Waals surface area contributed by atoms with E-state index in [1.54, 1.807) is 19.2 Å². The highest BCUT2D eigenvalue weighted by molar-refractivity contribution is 5.96. The number of methoxy groups -OCH3 is 2. The maximum Gasteiger partial charge on any atom is 0.255 e. The third-order valence-electron chi connectivity index (χ3n) is 4.32. The van der Waals surface area contributed by atoms with Gasteiger partial charge in [0.15, 0.2) is 11.5 Å². The van der Waals surface area contributed by atoms with E-state index >= 15 is 0 Å². The summed E-state index contributed by atoms with van der Waals surface area (Å²) in [6.45, 7) is 0.667. The minimum atomic E-state index is -0.502. The fourth-order valence-corrected chi connectivity index (χ4v) is 2.81. The number of amides is 1. The van der Waals surface area contributed by atoms with Gasteiger partial charge < -0.3 is 19.5 Å². The quantitative estimate of drug-likeness (QED) is 0.616. The molecule has 0 saturated carbocycles. The average molecular weight is 395 g/mol. The van der Waals surface area contributed by atoms with Crippen molar-refractivity contribution in [3.05, 3.63) is 89.2 Å². The second-order valence-electron chi connectivity index (χ2n) is 6.29. The SMILES string of the molecule is COc1cc(CNC(=O)c2cc(F)ccc2OC)ccc1OCc1ccccc1. The molecular weight excluding hydrogens is 373 g/mol. The molecule has 3 rings (SSSR count). The van der Waals surface area contributed by atoms with Gasteiger partial charge in [-0.3, -0.25) is 4.79 Å². The molecule has 5 nitrogen and oxygen atoms in total. The maximum absolute atomic E-state index is 13.5. The number of carbonyl (C=O) groups excluding carboxylic acids is 1. The van der Waals surface area contributed by atoms with Gasteiger partial charge in [0.05, 0.1) is 19.8 Å². The summed E-state index contributed by atoms with van der Waals surface area (Å²) in [4.78, 5) is 12.4. The molecule has 0 aliphatic heterocycles. The summed E-state index contributed by atoms with van der Waals surface area (Å²) in [5, 5.41) is 2.76. The van der Waals surface area contributed by atoms with Crippen molar-refractivity contribution in [1.29, 1.82) is 0 Å². The number of halogens is 1. The third kappa shape index (κ3) is 5.25. The van der Waals surface area contributed by atoms with Crippen molar-refractivity contribution in [3.8, 4) is 17.2 Å². The molecule has 1 amide bonds. The number of carbonyl (C=O) groups is 1. The molecule has 3 aromatic rings. The van der Waals surface area contributed by atoms with Crippen LogP contribution in [0.2, 0.25) is 0 Å². The van der Waals surface area contributed by atoms with E-state index in [1.165, 1.54) is 19.2 Å². The first-order valence-electron chi connectivity index (χ1n) is 9.06. The zero-order valence-corrected chi connectivity index (χ0v) is 16.3. The Labute approximate surface area is 169 Å². The maximum atomic E-state index is 13.5. The van der Waals surface area contributed by atoms with E-state index < -0.39 is 11.7 Å². The Morgan fingerprint density at radius 3 is 2.31 bits per heavy atom. The Morgan fingerprint density at radius 1 is 0.862 bits per heavy atom. The summed E-state index contributed by atoms with van der Waals surface area (Å²) in [6, 6.07) is 19.1. The largest absolute Gasteiger partial charge is 0.496 e. The fourth-order valence-electron chi connectivity index (χ4n) is 2.81. The highest BCUT2D eigenvalue weighted by atomic mass is 19.1. The van der Waals surface area contributed by atoms with Gasteiger partial charge in [0.2, 0.25) is 0 Å². The number of benzene rings is 3. The van der Waals surface area contributed by atoms with Crippen LogP contribution in [0.5, 0.6) is 17.2 Å². The van der Waals surface area contributed by atoms with Gasteiger partial charge in [-0.15, -0.1) is 0 Å². The van der Waals surface area contributed by atoms with E-state index in [0.717, 1.165) is 17.2 Å². The summed E-state index contributed by atoms with van der Waals surface area (Å²) < 4.78 is 29.9. The van der Waals surface area contributed by atoms with Crippen LogP contribution < -0.4 is 19.5 Å². The second kappa shape index (κ2) is 9.59. The number of nitrogens with one attached hydrogen (secondary N) is 1. The van der Waals surface area contributed by atoms with Gasteiger partial charge in [0, 0.05) is 6.54 Å². The van der Waals surface area contributed by atoms with E-state index in [9.17, 15) is 9.18 Å². The Kier molecular flexibility index (Phi) is 6.68. The van der Waals surface area contributed by atoms with E-state index in [2.05, 4.69) is 5.32 Å². The van der Waals surface area contributed by atoms with Crippen molar-refractivity contribution in [2.45, 2.75) is 13.2 Å². The smallest absolute Gasteiger partial charge is 0.255 e. The Balaban J connectivity index is 1.66. The molecule has 0 aliphatic rings. The molecule has 0 spiro atoms. The molecule has 0 aromatic heterocycles. The van der Waals surface area contributed by atoms with Crippen LogP contribution in [0.3, 0.4) is 0 Å². The molecule has 0 unspecified atom stereocenters. The molecule has 0 bridgehead atoms. The highest BCUT2D eigenvalue weighted by Crippen LogP contribution is 2.29. The predicted molar refractivity (Wildman–Crippen MR) is 108 cm³/mol. The first kappa shape index (κ1) is 20.2. The van der Waals surface area contributed by atoms with Crippen LogP contribution in [0, 0.1) is 5.82 Å². The van der Waals surface area contributed by atoms with Crippen LogP contribution in [0.25, 0.3) is 0 Å². The Bertz CT molecular complexity index is 976. The second-order valence-corrected chi connectivity index (χ2v) is 6.29. The Hall–Kier alpha value is -3.54. The van der Waals surface area contributed by atoms with Gasteiger partial charge in [0.1, 0.15) is 18.2 Å². The van der Waals surface area contributed by atoms with Crippen molar-refractivity contribution in [1.82, 2.24) is 5.32 Å². The molecule has 3 aromatic carbocycles. The molecule has 0 fully saturated rings. The summed E-state index contributed by atoms with van der Waals surface area (Å²) in [6.07, 6.45) is 0. The van der Waals surface area contributed by atoms with Gasteiger partial charge >= 0.3 is 0 Å². The van der Waals surface area contributed by atoms with Crippen LogP contribution in [-0.4, -0.2) is 20.1 Å². The topological polar surface area (TPSA) is 56.8 Å². The van der Waals surface area contributed by atoms with Gasteiger partial charge in [-0.25, -0.2) is 4.39 Å². The van der Waals surface area contributed by atoms with Crippen LogP contribution in [0.4, 0.5) is 4.39 Å². The summed E-state index contributed by atoms with van der Waals surface area (Å²) in [5.41, 5.74) is 2.01. The van der Waals surface area contributed by atoms with E-state index in [4.69, 9.17) is 14.2 Å². The number of rotatable bonds is 8. The lowest BCUT2D eigenvalue weighted by molar-refractivity contribution is 0.0947. The minimum Gasteiger partial charge on any atom is -0.496 e. The van der Waals surface area contributed by atoms with Crippen molar-refractivity contribution < 1.29 is 23.4 Å².